The molecule has 1 aromatic carbocycles. The van der Waals surface area contributed by atoms with Crippen LogP contribution in [-0.4, -0.2) is 60.1 Å². The molecular formula is C17H20N2O5. The summed E-state index contributed by atoms with van der Waals surface area (Å²) in [6.45, 7) is 3.16. The molecule has 2 saturated heterocycles. The van der Waals surface area contributed by atoms with Crippen LogP contribution in [0.2, 0.25) is 0 Å². The van der Waals surface area contributed by atoms with E-state index in [0.29, 0.717) is 43.9 Å². The molecule has 3 amide bonds. The van der Waals surface area contributed by atoms with Gasteiger partial charge in [-0.05, 0) is 31.9 Å². The third-order valence-electron chi connectivity index (χ3n) is 4.32. The van der Waals surface area contributed by atoms with Crippen molar-refractivity contribution in [1.29, 1.82) is 0 Å². The van der Waals surface area contributed by atoms with Crippen LogP contribution in [0.25, 0.3) is 0 Å². The van der Waals surface area contributed by atoms with Crippen LogP contribution in [0.15, 0.2) is 24.3 Å². The number of piperidine rings is 1. The van der Waals surface area contributed by atoms with Gasteiger partial charge in [-0.15, -0.1) is 0 Å². The molecule has 2 aliphatic rings. The number of carbonyl (C=O) groups is 3. The highest BCUT2D eigenvalue weighted by molar-refractivity contribution is 5.98. The van der Waals surface area contributed by atoms with E-state index in [1.807, 2.05) is 13.0 Å². The minimum atomic E-state index is -0.577. The molecule has 3 rings (SSSR count). The second kappa shape index (κ2) is 6.90. The molecule has 0 aromatic heterocycles. The number of ether oxygens (including phenoxy) is 2. The van der Waals surface area contributed by atoms with Gasteiger partial charge in [0.2, 0.25) is 0 Å². The summed E-state index contributed by atoms with van der Waals surface area (Å²) < 4.78 is 10.3. The summed E-state index contributed by atoms with van der Waals surface area (Å²) in [7, 11) is 0. The largest absolute Gasteiger partial charge is 0.493 e. The average Bonchev–Trinajstić information content (AvgIpc) is 2.94. The second-order valence-electron chi connectivity index (χ2n) is 5.77. The number of para-hydroxylation sites is 1. The third kappa shape index (κ3) is 3.06. The molecule has 0 spiro atoms. The Labute approximate surface area is 140 Å². The molecule has 0 unspecified atom stereocenters. The minimum absolute atomic E-state index is 0.0900. The van der Waals surface area contributed by atoms with E-state index in [9.17, 15) is 14.4 Å². The lowest BCUT2D eigenvalue weighted by Gasteiger charge is -2.34. The predicted octanol–water partition coefficient (Wildman–Crippen LogP) is 1.67. The molecule has 7 nitrogen and oxygen atoms in total. The first-order valence-corrected chi connectivity index (χ1v) is 8.11. The van der Waals surface area contributed by atoms with Crippen molar-refractivity contribution < 1.29 is 23.9 Å². The number of imide groups is 1. The molecule has 128 valence electrons. The van der Waals surface area contributed by atoms with Crippen molar-refractivity contribution in [3.63, 3.8) is 0 Å². The Morgan fingerprint density at radius 1 is 1.25 bits per heavy atom. The molecule has 2 fully saturated rings. The number of nitrogens with zero attached hydrogens (tertiary/aromatic N) is 2. The zero-order chi connectivity index (χ0) is 17.1. The van der Waals surface area contributed by atoms with Crippen LogP contribution in [-0.2, 0) is 9.53 Å². The van der Waals surface area contributed by atoms with Gasteiger partial charge in [-0.2, -0.15) is 0 Å². The third-order valence-corrected chi connectivity index (χ3v) is 4.32. The Hall–Kier alpha value is -2.57. The SMILES string of the molecule is CCOc1ccccc1C(=O)N1CCC(N2C(=O)COC2=O)CC1. The van der Waals surface area contributed by atoms with Crippen LogP contribution >= 0.6 is 0 Å². The second-order valence-corrected chi connectivity index (χ2v) is 5.77. The Bertz CT molecular complexity index is 636. The van der Waals surface area contributed by atoms with E-state index in [4.69, 9.17) is 9.47 Å². The molecule has 0 atom stereocenters. The monoisotopic (exact) mass is 332 g/mol. The molecule has 1 aromatic rings. The van der Waals surface area contributed by atoms with E-state index < -0.39 is 6.09 Å². The van der Waals surface area contributed by atoms with Crippen molar-refractivity contribution in [3.8, 4) is 5.75 Å². The maximum atomic E-state index is 12.7. The molecule has 0 saturated carbocycles. The zero-order valence-corrected chi connectivity index (χ0v) is 13.6. The molecule has 2 aliphatic heterocycles. The summed E-state index contributed by atoms with van der Waals surface area (Å²) >= 11 is 0. The quantitative estimate of drug-likeness (QED) is 0.838. The number of hydrogen-bond donors (Lipinski definition) is 0. The lowest BCUT2D eigenvalue weighted by atomic mass is 10.0. The summed E-state index contributed by atoms with van der Waals surface area (Å²) in [6, 6.07) is 6.97. The van der Waals surface area contributed by atoms with Crippen molar-refractivity contribution in [2.75, 3.05) is 26.3 Å². The topological polar surface area (TPSA) is 76.2 Å². The zero-order valence-electron chi connectivity index (χ0n) is 13.6. The number of cyclic esters (lactones) is 1. The van der Waals surface area contributed by atoms with Gasteiger partial charge in [-0.1, -0.05) is 12.1 Å². The fraction of sp³-hybridized carbons (Fsp3) is 0.471. The maximum absolute atomic E-state index is 12.7. The van der Waals surface area contributed by atoms with Crippen LogP contribution in [0.4, 0.5) is 4.79 Å². The first-order chi connectivity index (χ1) is 11.6. The van der Waals surface area contributed by atoms with Crippen LogP contribution in [0, 0.1) is 0 Å². The number of hydrogen-bond acceptors (Lipinski definition) is 5. The van der Waals surface area contributed by atoms with E-state index in [0.717, 1.165) is 0 Å². The minimum Gasteiger partial charge on any atom is -0.493 e. The molecular weight excluding hydrogens is 312 g/mol. The van der Waals surface area contributed by atoms with E-state index in [2.05, 4.69) is 0 Å². The van der Waals surface area contributed by atoms with Crippen molar-refractivity contribution >= 4 is 17.9 Å². The normalized spacial score (nSPS) is 18.7. The van der Waals surface area contributed by atoms with Gasteiger partial charge in [-0.3, -0.25) is 9.59 Å². The highest BCUT2D eigenvalue weighted by Crippen LogP contribution is 2.25. The average molecular weight is 332 g/mol. The maximum Gasteiger partial charge on any atom is 0.417 e. The summed E-state index contributed by atoms with van der Waals surface area (Å²) in [6.07, 6.45) is 0.540. The van der Waals surface area contributed by atoms with Crippen LogP contribution in [0.3, 0.4) is 0 Å². The van der Waals surface area contributed by atoms with Gasteiger partial charge in [0.25, 0.3) is 11.8 Å². The Morgan fingerprint density at radius 2 is 1.96 bits per heavy atom. The standard InChI is InChI=1S/C17H20N2O5/c1-2-23-14-6-4-3-5-13(14)16(21)18-9-7-12(8-10-18)19-15(20)11-24-17(19)22/h3-6,12H,2,7-11H2,1H3. The Balaban J connectivity index is 1.65. The van der Waals surface area contributed by atoms with Crippen LogP contribution in [0.1, 0.15) is 30.1 Å². The smallest absolute Gasteiger partial charge is 0.417 e. The van der Waals surface area contributed by atoms with E-state index in [-0.39, 0.29) is 24.5 Å². The fourth-order valence-electron chi connectivity index (χ4n) is 3.14. The number of carbonyl (C=O) groups excluding carboxylic acids is 3. The Morgan fingerprint density at radius 3 is 2.58 bits per heavy atom. The van der Waals surface area contributed by atoms with E-state index in [1.165, 1.54) is 4.90 Å². The number of likely N-dealkylation sites (tertiary alicyclic amines) is 1. The van der Waals surface area contributed by atoms with Crippen molar-refractivity contribution in [2.24, 2.45) is 0 Å². The highest BCUT2D eigenvalue weighted by Gasteiger charge is 2.39. The molecule has 24 heavy (non-hydrogen) atoms. The number of amides is 3. The van der Waals surface area contributed by atoms with Crippen LogP contribution in [0.5, 0.6) is 5.75 Å². The number of benzene rings is 1. The van der Waals surface area contributed by atoms with Gasteiger partial charge in [0, 0.05) is 19.1 Å². The van der Waals surface area contributed by atoms with Gasteiger partial charge in [0.15, 0.2) is 6.61 Å². The first kappa shape index (κ1) is 16.3. The molecule has 0 radical (unpaired) electrons. The molecule has 0 aliphatic carbocycles. The first-order valence-electron chi connectivity index (χ1n) is 8.11. The summed E-state index contributed by atoms with van der Waals surface area (Å²) in [5.41, 5.74) is 0.537. The summed E-state index contributed by atoms with van der Waals surface area (Å²) in [4.78, 5) is 39.0. The van der Waals surface area contributed by atoms with Crippen molar-refractivity contribution in [2.45, 2.75) is 25.8 Å². The van der Waals surface area contributed by atoms with Crippen molar-refractivity contribution in [3.05, 3.63) is 29.8 Å². The molecule has 0 bridgehead atoms. The van der Waals surface area contributed by atoms with Gasteiger partial charge in [0.05, 0.1) is 12.2 Å². The fourth-order valence-corrected chi connectivity index (χ4v) is 3.14. The lowest BCUT2D eigenvalue weighted by molar-refractivity contribution is -0.127. The summed E-state index contributed by atoms with van der Waals surface area (Å²) in [5.74, 6) is 0.185. The lowest BCUT2D eigenvalue weighted by Crippen LogP contribution is -2.48. The van der Waals surface area contributed by atoms with Gasteiger partial charge < -0.3 is 14.4 Å². The number of rotatable bonds is 4. The predicted molar refractivity (Wildman–Crippen MR) is 84.7 cm³/mol. The van der Waals surface area contributed by atoms with Gasteiger partial charge in [0.1, 0.15) is 5.75 Å². The van der Waals surface area contributed by atoms with E-state index >= 15 is 0 Å². The van der Waals surface area contributed by atoms with Gasteiger partial charge >= 0.3 is 6.09 Å². The van der Waals surface area contributed by atoms with E-state index in [1.54, 1.807) is 23.1 Å². The molecule has 0 N–H and O–H groups in total. The highest BCUT2D eigenvalue weighted by atomic mass is 16.6. The molecule has 2 heterocycles. The summed E-state index contributed by atoms with van der Waals surface area (Å²) in [5, 5.41) is 0. The molecule has 7 heteroatoms. The Kier molecular flexibility index (Phi) is 4.69. The van der Waals surface area contributed by atoms with Gasteiger partial charge in [-0.25, -0.2) is 9.69 Å². The van der Waals surface area contributed by atoms with Crippen molar-refractivity contribution in [1.82, 2.24) is 9.80 Å². The van der Waals surface area contributed by atoms with Crippen LogP contribution < -0.4 is 4.74 Å².